The molecule has 1 aliphatic rings. The first-order chi connectivity index (χ1) is 12.7. The smallest absolute Gasteiger partial charge is 0.119 e. The number of unbranched alkanes of at least 4 members (excludes halogenated alkanes) is 1. The van der Waals surface area contributed by atoms with E-state index in [0.717, 1.165) is 43.9 Å². The van der Waals surface area contributed by atoms with Crippen LogP contribution >= 0.6 is 0 Å². The van der Waals surface area contributed by atoms with Gasteiger partial charge in [0.25, 0.3) is 0 Å². The molecule has 0 saturated carbocycles. The molecule has 0 unspecified atom stereocenters. The summed E-state index contributed by atoms with van der Waals surface area (Å²) in [6, 6.07) is 15.2. The van der Waals surface area contributed by atoms with Crippen LogP contribution in [0.2, 0.25) is 0 Å². The van der Waals surface area contributed by atoms with Crippen LogP contribution in [-0.4, -0.2) is 18.9 Å². The second kappa shape index (κ2) is 8.84. The monoisotopic (exact) mass is 347 g/mol. The molecule has 2 aromatic rings. The third kappa shape index (κ3) is 4.63. The molecule has 0 fully saturated rings. The number of hydrogen-bond donors (Lipinski definition) is 0. The summed E-state index contributed by atoms with van der Waals surface area (Å²) in [4.78, 5) is 4.73. The standard InChI is InChI=1S/C24H29NO/c1-4-5-16-26-22-11-12-23-21(17-22)14-15-25-24(23)13-8-19-6-9-20(10-7-19)18(2)3/h6-13,17-18H,4-5,14-16H2,1-3H3/b13-8+. The summed E-state index contributed by atoms with van der Waals surface area (Å²) < 4.78 is 5.85. The predicted octanol–water partition coefficient (Wildman–Crippen LogP) is 6.05. The first-order valence-electron chi connectivity index (χ1n) is 9.76. The van der Waals surface area contributed by atoms with E-state index in [0.29, 0.717) is 5.92 Å². The number of hydrogen-bond acceptors (Lipinski definition) is 2. The van der Waals surface area contributed by atoms with Gasteiger partial charge >= 0.3 is 0 Å². The van der Waals surface area contributed by atoms with E-state index in [-0.39, 0.29) is 0 Å². The quantitative estimate of drug-likeness (QED) is 0.559. The first-order valence-corrected chi connectivity index (χ1v) is 9.76. The zero-order chi connectivity index (χ0) is 18.4. The molecular formula is C24H29NO. The first kappa shape index (κ1) is 18.4. The van der Waals surface area contributed by atoms with E-state index in [9.17, 15) is 0 Å². The molecule has 1 heterocycles. The lowest BCUT2D eigenvalue weighted by molar-refractivity contribution is 0.309. The van der Waals surface area contributed by atoms with Crippen molar-refractivity contribution >= 4 is 11.8 Å². The van der Waals surface area contributed by atoms with Crippen LogP contribution in [-0.2, 0) is 6.42 Å². The van der Waals surface area contributed by atoms with Gasteiger partial charge in [0.15, 0.2) is 0 Å². The fraction of sp³-hybridized carbons (Fsp3) is 0.375. The number of nitrogens with zero attached hydrogens (tertiary/aromatic N) is 1. The molecule has 0 bridgehead atoms. The Bertz CT molecular complexity index is 784. The summed E-state index contributed by atoms with van der Waals surface area (Å²) in [5.74, 6) is 1.54. The number of rotatable bonds is 7. The highest BCUT2D eigenvalue weighted by molar-refractivity contribution is 6.12. The second-order valence-corrected chi connectivity index (χ2v) is 7.19. The lowest BCUT2D eigenvalue weighted by Gasteiger charge is -2.16. The van der Waals surface area contributed by atoms with Gasteiger partial charge in [0, 0.05) is 12.1 Å². The van der Waals surface area contributed by atoms with Gasteiger partial charge in [-0.1, -0.05) is 57.5 Å². The van der Waals surface area contributed by atoms with Crippen LogP contribution in [0.5, 0.6) is 5.75 Å². The minimum absolute atomic E-state index is 0.566. The molecule has 3 rings (SSSR count). The van der Waals surface area contributed by atoms with Crippen LogP contribution in [0.3, 0.4) is 0 Å². The number of allylic oxidation sites excluding steroid dienone is 1. The summed E-state index contributed by atoms with van der Waals surface area (Å²) in [7, 11) is 0. The molecule has 2 heteroatoms. The molecule has 2 aromatic carbocycles. The van der Waals surface area contributed by atoms with Gasteiger partial charge in [-0.3, -0.25) is 4.99 Å². The molecule has 1 aliphatic heterocycles. The van der Waals surface area contributed by atoms with Crippen molar-refractivity contribution in [3.05, 3.63) is 70.8 Å². The van der Waals surface area contributed by atoms with Gasteiger partial charge in [-0.2, -0.15) is 0 Å². The summed E-state index contributed by atoms with van der Waals surface area (Å²) in [5, 5.41) is 0. The summed E-state index contributed by atoms with van der Waals surface area (Å²) in [6.07, 6.45) is 7.54. The van der Waals surface area contributed by atoms with E-state index in [1.807, 2.05) is 0 Å². The Balaban J connectivity index is 1.73. The van der Waals surface area contributed by atoms with Crippen molar-refractivity contribution in [2.75, 3.05) is 13.2 Å². The van der Waals surface area contributed by atoms with Crippen LogP contribution in [0.4, 0.5) is 0 Å². The minimum Gasteiger partial charge on any atom is -0.494 e. The zero-order valence-corrected chi connectivity index (χ0v) is 16.2. The van der Waals surface area contributed by atoms with Gasteiger partial charge in [-0.05, 0) is 59.7 Å². The van der Waals surface area contributed by atoms with E-state index in [4.69, 9.17) is 9.73 Å². The molecule has 0 amide bonds. The molecule has 0 atom stereocenters. The van der Waals surface area contributed by atoms with Crippen molar-refractivity contribution in [2.24, 2.45) is 4.99 Å². The highest BCUT2D eigenvalue weighted by Crippen LogP contribution is 2.23. The third-order valence-electron chi connectivity index (χ3n) is 4.82. The molecule has 0 aromatic heterocycles. The van der Waals surface area contributed by atoms with Crippen LogP contribution in [0.15, 0.2) is 53.5 Å². The summed E-state index contributed by atoms with van der Waals surface area (Å²) in [6.45, 7) is 8.26. The maximum absolute atomic E-state index is 5.85. The number of ether oxygens (including phenoxy) is 1. The van der Waals surface area contributed by atoms with E-state index in [2.05, 4.69) is 75.4 Å². The van der Waals surface area contributed by atoms with Crippen molar-refractivity contribution in [2.45, 2.75) is 46.0 Å². The Labute approximate surface area is 157 Å². The van der Waals surface area contributed by atoms with Crippen molar-refractivity contribution < 1.29 is 4.74 Å². The molecule has 0 spiro atoms. The van der Waals surface area contributed by atoms with Crippen molar-refractivity contribution in [1.82, 2.24) is 0 Å². The fourth-order valence-corrected chi connectivity index (χ4v) is 3.14. The molecule has 26 heavy (non-hydrogen) atoms. The lowest BCUT2D eigenvalue weighted by atomic mass is 9.96. The molecule has 0 aliphatic carbocycles. The van der Waals surface area contributed by atoms with Crippen molar-refractivity contribution in [3.63, 3.8) is 0 Å². The molecule has 0 saturated heterocycles. The van der Waals surface area contributed by atoms with Crippen molar-refractivity contribution in [3.8, 4) is 5.75 Å². The Kier molecular flexibility index (Phi) is 6.27. The predicted molar refractivity (Wildman–Crippen MR) is 112 cm³/mol. The molecule has 0 N–H and O–H groups in total. The zero-order valence-electron chi connectivity index (χ0n) is 16.2. The van der Waals surface area contributed by atoms with Crippen LogP contribution < -0.4 is 4.74 Å². The van der Waals surface area contributed by atoms with Gasteiger partial charge < -0.3 is 4.74 Å². The molecule has 2 nitrogen and oxygen atoms in total. The Hall–Kier alpha value is -2.35. The summed E-state index contributed by atoms with van der Waals surface area (Å²) in [5.41, 5.74) is 6.22. The fourth-order valence-electron chi connectivity index (χ4n) is 3.14. The second-order valence-electron chi connectivity index (χ2n) is 7.19. The maximum atomic E-state index is 5.85. The lowest BCUT2D eigenvalue weighted by Crippen LogP contribution is -2.11. The average molecular weight is 348 g/mol. The van der Waals surface area contributed by atoms with E-state index in [1.54, 1.807) is 0 Å². The van der Waals surface area contributed by atoms with Crippen LogP contribution in [0.25, 0.3) is 6.08 Å². The van der Waals surface area contributed by atoms with Gasteiger partial charge in [-0.25, -0.2) is 0 Å². The maximum Gasteiger partial charge on any atom is 0.119 e. The number of benzene rings is 2. The summed E-state index contributed by atoms with van der Waals surface area (Å²) >= 11 is 0. The van der Waals surface area contributed by atoms with Crippen LogP contribution in [0, 0.1) is 0 Å². The van der Waals surface area contributed by atoms with Gasteiger partial charge in [0.05, 0.1) is 12.3 Å². The normalized spacial score (nSPS) is 13.8. The molecule has 136 valence electrons. The van der Waals surface area contributed by atoms with Crippen LogP contribution in [0.1, 0.15) is 61.8 Å². The van der Waals surface area contributed by atoms with Gasteiger partial charge in [0.1, 0.15) is 5.75 Å². The molecular weight excluding hydrogens is 318 g/mol. The Morgan fingerprint density at radius 3 is 2.62 bits per heavy atom. The van der Waals surface area contributed by atoms with E-state index >= 15 is 0 Å². The Morgan fingerprint density at radius 1 is 1.08 bits per heavy atom. The number of aliphatic imine (C=N–C) groups is 1. The van der Waals surface area contributed by atoms with Gasteiger partial charge in [-0.15, -0.1) is 0 Å². The highest BCUT2D eigenvalue weighted by Gasteiger charge is 2.13. The van der Waals surface area contributed by atoms with E-state index < -0.39 is 0 Å². The minimum atomic E-state index is 0.566. The number of fused-ring (bicyclic) bond motifs is 1. The van der Waals surface area contributed by atoms with Gasteiger partial charge in [0.2, 0.25) is 0 Å². The van der Waals surface area contributed by atoms with E-state index in [1.165, 1.54) is 22.3 Å². The third-order valence-corrected chi connectivity index (χ3v) is 4.82. The molecule has 0 radical (unpaired) electrons. The SMILES string of the molecule is CCCCOc1ccc2c(c1)CCN=C2/C=C/c1ccc(C(C)C)cc1. The largest absolute Gasteiger partial charge is 0.494 e. The average Bonchev–Trinajstić information content (AvgIpc) is 2.66. The highest BCUT2D eigenvalue weighted by atomic mass is 16.5. The van der Waals surface area contributed by atoms with Crippen molar-refractivity contribution in [1.29, 1.82) is 0 Å². The Morgan fingerprint density at radius 2 is 1.88 bits per heavy atom. The topological polar surface area (TPSA) is 21.6 Å².